The molecule has 2 aromatic rings. The van der Waals surface area contributed by atoms with Crippen molar-refractivity contribution in [1.82, 2.24) is 15.0 Å². The van der Waals surface area contributed by atoms with Gasteiger partial charge in [0, 0.05) is 25.6 Å². The van der Waals surface area contributed by atoms with E-state index in [4.69, 9.17) is 9.26 Å². The molecule has 0 aliphatic carbocycles. The van der Waals surface area contributed by atoms with Crippen LogP contribution in [0.3, 0.4) is 0 Å². The summed E-state index contributed by atoms with van der Waals surface area (Å²) in [7, 11) is 1.61. The second kappa shape index (κ2) is 6.92. The molecule has 2 amide bonds. The number of nitrogens with zero attached hydrogens (tertiary/aromatic N) is 3. The molecule has 7 nitrogen and oxygen atoms in total. The van der Waals surface area contributed by atoms with Gasteiger partial charge >= 0.3 is 0 Å². The van der Waals surface area contributed by atoms with Crippen molar-refractivity contribution in [2.24, 2.45) is 0 Å². The van der Waals surface area contributed by atoms with Gasteiger partial charge < -0.3 is 9.26 Å². The average Bonchev–Trinajstić information content (AvgIpc) is 3.16. The third-order valence-electron chi connectivity index (χ3n) is 3.95. The van der Waals surface area contributed by atoms with Gasteiger partial charge in [-0.25, -0.2) is 0 Å². The van der Waals surface area contributed by atoms with Crippen LogP contribution in [0.15, 0.2) is 22.7 Å². The number of imide groups is 1. The number of benzene rings is 1. The number of hydrogen-bond donors (Lipinski definition) is 0. The summed E-state index contributed by atoms with van der Waals surface area (Å²) in [6.07, 6.45) is 2.27. The maximum absolute atomic E-state index is 12.5. The third-order valence-corrected chi connectivity index (χ3v) is 3.95. The molecular formula is C17H19N3O4. The van der Waals surface area contributed by atoms with Gasteiger partial charge in [-0.15, -0.1) is 0 Å². The maximum Gasteiger partial charge on any atom is 0.261 e. The van der Waals surface area contributed by atoms with Crippen LogP contribution in [0, 0.1) is 0 Å². The van der Waals surface area contributed by atoms with E-state index in [9.17, 15) is 9.59 Å². The fraction of sp³-hybridized carbons (Fsp3) is 0.412. The first-order chi connectivity index (χ1) is 11.7. The lowest BCUT2D eigenvalue weighted by Crippen LogP contribution is -2.30. The summed E-state index contributed by atoms with van der Waals surface area (Å²) in [5, 5.41) is 3.88. The number of unbranched alkanes of at least 4 members (excludes halogenated alkanes) is 1. The molecule has 24 heavy (non-hydrogen) atoms. The maximum atomic E-state index is 12.5. The average molecular weight is 329 g/mol. The molecule has 1 aromatic heterocycles. The van der Waals surface area contributed by atoms with Crippen molar-refractivity contribution in [1.29, 1.82) is 0 Å². The molecule has 0 N–H and O–H groups in total. The molecule has 0 unspecified atom stereocenters. The predicted octanol–water partition coefficient (Wildman–Crippen LogP) is 2.32. The van der Waals surface area contributed by atoms with Crippen LogP contribution in [0.1, 0.15) is 46.3 Å². The van der Waals surface area contributed by atoms with Crippen LogP contribution < -0.4 is 0 Å². The van der Waals surface area contributed by atoms with Gasteiger partial charge in [0.2, 0.25) is 0 Å². The highest BCUT2D eigenvalue weighted by atomic mass is 16.5. The van der Waals surface area contributed by atoms with E-state index in [-0.39, 0.29) is 11.8 Å². The first-order valence-corrected chi connectivity index (χ1v) is 7.97. The summed E-state index contributed by atoms with van der Waals surface area (Å²) in [5.41, 5.74) is 1.45. The Bertz CT molecular complexity index is 769. The minimum absolute atomic E-state index is 0.235. The zero-order valence-electron chi connectivity index (χ0n) is 13.7. The number of carbonyl (C=O) groups is 2. The fourth-order valence-electron chi connectivity index (χ4n) is 2.61. The summed E-state index contributed by atoms with van der Waals surface area (Å²) in [4.78, 5) is 30.4. The minimum atomic E-state index is -0.260. The molecule has 0 saturated heterocycles. The number of ether oxygens (including phenoxy) is 1. The fourth-order valence-corrected chi connectivity index (χ4v) is 2.61. The van der Waals surface area contributed by atoms with Crippen molar-refractivity contribution < 1.29 is 18.8 Å². The van der Waals surface area contributed by atoms with Gasteiger partial charge in [-0.05, 0) is 24.6 Å². The first-order valence-electron chi connectivity index (χ1n) is 7.97. The summed E-state index contributed by atoms with van der Waals surface area (Å²) in [6.45, 7) is 2.97. The van der Waals surface area contributed by atoms with Crippen LogP contribution in [0.25, 0.3) is 11.5 Å². The number of rotatable bonds is 7. The lowest BCUT2D eigenvalue weighted by molar-refractivity contribution is 0.0652. The van der Waals surface area contributed by atoms with E-state index in [0.717, 1.165) is 12.8 Å². The number of methoxy groups -OCH3 is 1. The Morgan fingerprint density at radius 2 is 2.00 bits per heavy atom. The molecule has 0 atom stereocenters. The van der Waals surface area contributed by atoms with Crippen LogP contribution in [-0.4, -0.2) is 47.1 Å². The predicted molar refractivity (Wildman–Crippen MR) is 85.6 cm³/mol. The molecule has 1 aliphatic rings. The molecule has 0 fully saturated rings. The summed E-state index contributed by atoms with van der Waals surface area (Å²) in [6, 6.07) is 5.02. The van der Waals surface area contributed by atoms with Crippen LogP contribution in [0.4, 0.5) is 0 Å². The van der Waals surface area contributed by atoms with Crippen molar-refractivity contribution in [2.45, 2.75) is 26.2 Å². The van der Waals surface area contributed by atoms with Gasteiger partial charge in [-0.3, -0.25) is 14.5 Å². The van der Waals surface area contributed by atoms with E-state index >= 15 is 0 Å². The highest BCUT2D eigenvalue weighted by molar-refractivity contribution is 6.21. The molecule has 0 saturated carbocycles. The van der Waals surface area contributed by atoms with E-state index in [2.05, 4.69) is 10.1 Å². The molecule has 0 radical (unpaired) electrons. The second-order valence-corrected chi connectivity index (χ2v) is 5.63. The van der Waals surface area contributed by atoms with Crippen LogP contribution in [0.5, 0.6) is 0 Å². The van der Waals surface area contributed by atoms with Gasteiger partial charge in [0.25, 0.3) is 17.7 Å². The lowest BCUT2D eigenvalue weighted by atomic mass is 10.1. The largest absolute Gasteiger partial charge is 0.384 e. The minimum Gasteiger partial charge on any atom is -0.384 e. The Labute approximate surface area is 139 Å². The molecule has 0 spiro atoms. The lowest BCUT2D eigenvalue weighted by Gasteiger charge is -2.12. The Balaban J connectivity index is 1.85. The van der Waals surface area contributed by atoms with E-state index in [1.165, 1.54) is 4.90 Å². The molecule has 0 bridgehead atoms. The first kappa shape index (κ1) is 16.3. The summed E-state index contributed by atoms with van der Waals surface area (Å²) in [5.74, 6) is 0.376. The van der Waals surface area contributed by atoms with Gasteiger partial charge in [-0.2, -0.15) is 4.98 Å². The van der Waals surface area contributed by atoms with E-state index in [1.807, 2.05) is 6.92 Å². The van der Waals surface area contributed by atoms with E-state index in [1.54, 1.807) is 25.3 Å². The zero-order valence-corrected chi connectivity index (χ0v) is 13.7. The highest BCUT2D eigenvalue weighted by Crippen LogP contribution is 2.28. The Kier molecular flexibility index (Phi) is 4.71. The molecule has 1 aromatic carbocycles. The highest BCUT2D eigenvalue weighted by Gasteiger charge is 2.35. The standard InChI is InChI=1S/C17H19N3O4/c1-3-4-8-20-16(21)12-6-5-11(10-13(12)17(20)22)15-18-14(19-24-15)7-9-23-2/h5-6,10H,3-4,7-9H2,1-2H3. The van der Waals surface area contributed by atoms with Crippen molar-refractivity contribution in [3.63, 3.8) is 0 Å². The van der Waals surface area contributed by atoms with Crippen molar-refractivity contribution in [3.8, 4) is 11.5 Å². The SMILES string of the molecule is CCCCN1C(=O)c2ccc(-c3nc(CCOC)no3)cc2C1=O. The normalized spacial score (nSPS) is 13.7. The number of aromatic nitrogens is 2. The van der Waals surface area contributed by atoms with Gasteiger partial charge in [0.05, 0.1) is 17.7 Å². The number of fused-ring (bicyclic) bond motifs is 1. The second-order valence-electron chi connectivity index (χ2n) is 5.63. The summed E-state index contributed by atoms with van der Waals surface area (Å²) >= 11 is 0. The van der Waals surface area contributed by atoms with E-state index in [0.29, 0.717) is 48.0 Å². The van der Waals surface area contributed by atoms with Gasteiger partial charge in [0.15, 0.2) is 5.82 Å². The third kappa shape index (κ3) is 2.94. The molecule has 3 rings (SSSR count). The van der Waals surface area contributed by atoms with Gasteiger partial charge in [0.1, 0.15) is 0 Å². The molecule has 1 aliphatic heterocycles. The van der Waals surface area contributed by atoms with Crippen molar-refractivity contribution in [2.75, 3.05) is 20.3 Å². The van der Waals surface area contributed by atoms with E-state index < -0.39 is 0 Å². The Morgan fingerprint density at radius 1 is 1.21 bits per heavy atom. The van der Waals surface area contributed by atoms with Crippen LogP contribution in [-0.2, 0) is 11.2 Å². The smallest absolute Gasteiger partial charge is 0.261 e. The van der Waals surface area contributed by atoms with Crippen LogP contribution in [0.2, 0.25) is 0 Å². The Morgan fingerprint density at radius 3 is 2.75 bits per heavy atom. The van der Waals surface area contributed by atoms with Gasteiger partial charge in [-0.1, -0.05) is 18.5 Å². The number of amides is 2. The number of carbonyl (C=O) groups excluding carboxylic acids is 2. The topological polar surface area (TPSA) is 85.5 Å². The zero-order chi connectivity index (χ0) is 17.1. The quantitative estimate of drug-likeness (QED) is 0.725. The molecule has 7 heteroatoms. The number of hydrogen-bond acceptors (Lipinski definition) is 6. The van der Waals surface area contributed by atoms with Crippen LogP contribution >= 0.6 is 0 Å². The van der Waals surface area contributed by atoms with Crippen molar-refractivity contribution in [3.05, 3.63) is 35.2 Å². The van der Waals surface area contributed by atoms with Crippen molar-refractivity contribution >= 4 is 11.8 Å². The monoisotopic (exact) mass is 329 g/mol. The molecule has 2 heterocycles. The molecular weight excluding hydrogens is 310 g/mol. The molecule has 126 valence electrons. The summed E-state index contributed by atoms with van der Waals surface area (Å²) < 4.78 is 10.2. The Hall–Kier alpha value is -2.54.